The number of rotatable bonds is 6. The average molecular weight is 683 g/mol. The molecule has 6 rings (SSSR count). The third-order valence-corrected chi connectivity index (χ3v) is 10.00. The van der Waals surface area contributed by atoms with Crippen molar-refractivity contribution in [2.45, 2.75) is 92.4 Å². The lowest BCUT2D eigenvalue weighted by molar-refractivity contribution is -0.118. The molecule has 2 amide bonds. The number of aromatic nitrogens is 2. The van der Waals surface area contributed by atoms with E-state index >= 15 is 0 Å². The quantitative estimate of drug-likeness (QED) is 0.211. The van der Waals surface area contributed by atoms with E-state index < -0.39 is 0 Å². The molecular formula is C40H48F2N6O2. The maximum Gasteiger partial charge on any atom is 0.224 e. The molecule has 4 heterocycles. The molecule has 2 aromatic carbocycles. The Hall–Kier alpha value is -4.86. The lowest BCUT2D eigenvalue weighted by Crippen LogP contribution is -2.49. The Balaban J connectivity index is 0.000000194. The lowest BCUT2D eigenvalue weighted by Gasteiger charge is -2.45. The van der Waals surface area contributed by atoms with Crippen LogP contribution in [0.15, 0.2) is 72.8 Å². The number of hydrogen-bond donors (Lipinski definition) is 2. The predicted octanol–water partition coefficient (Wildman–Crippen LogP) is 8.93. The number of carbonyl (C=O) groups is 2. The molecule has 0 unspecified atom stereocenters. The monoisotopic (exact) mass is 682 g/mol. The van der Waals surface area contributed by atoms with Crippen molar-refractivity contribution in [2.75, 3.05) is 20.4 Å². The van der Waals surface area contributed by atoms with Crippen molar-refractivity contribution >= 4 is 34.8 Å². The summed E-state index contributed by atoms with van der Waals surface area (Å²) in [6.07, 6.45) is 1.66. The Morgan fingerprint density at radius 1 is 0.660 bits per heavy atom. The molecule has 2 aliphatic heterocycles. The molecule has 0 spiro atoms. The number of benzene rings is 2. The van der Waals surface area contributed by atoms with Crippen LogP contribution in [-0.2, 0) is 9.59 Å². The van der Waals surface area contributed by atoms with Gasteiger partial charge in [-0.15, -0.1) is 0 Å². The van der Waals surface area contributed by atoms with Crippen LogP contribution in [0.5, 0.6) is 0 Å². The highest BCUT2D eigenvalue weighted by atomic mass is 19.1. The van der Waals surface area contributed by atoms with Crippen LogP contribution in [0.4, 0.5) is 31.8 Å². The van der Waals surface area contributed by atoms with E-state index in [1.807, 2.05) is 50.2 Å². The number of amides is 2. The van der Waals surface area contributed by atoms with Crippen molar-refractivity contribution in [3.63, 3.8) is 0 Å². The van der Waals surface area contributed by atoms with Crippen molar-refractivity contribution in [2.24, 2.45) is 11.8 Å². The highest BCUT2D eigenvalue weighted by Gasteiger charge is 2.41. The van der Waals surface area contributed by atoms with E-state index in [0.717, 1.165) is 58.4 Å². The molecule has 2 aliphatic rings. The fourth-order valence-corrected chi connectivity index (χ4v) is 7.72. The van der Waals surface area contributed by atoms with Gasteiger partial charge in [-0.3, -0.25) is 9.59 Å². The SMILES string of the molecule is CC[C@@H]1[C@@H](C)[C@H](Nc2cccc(C)n2)c2cc(F)ccc2N1C(C)=O.CC[C@H]1[C@H](C)[C@@H](Nc2cccc(C)n2)c2cc(F)ccc2N1C(C)=O. The van der Waals surface area contributed by atoms with Crippen LogP contribution in [0.25, 0.3) is 0 Å². The second-order valence-electron chi connectivity index (χ2n) is 13.4. The van der Waals surface area contributed by atoms with Gasteiger partial charge in [0.1, 0.15) is 23.3 Å². The summed E-state index contributed by atoms with van der Waals surface area (Å²) in [6.45, 7) is 15.4. The molecule has 2 aromatic heterocycles. The van der Waals surface area contributed by atoms with Crippen LogP contribution < -0.4 is 20.4 Å². The van der Waals surface area contributed by atoms with Crippen molar-refractivity contribution in [1.29, 1.82) is 0 Å². The summed E-state index contributed by atoms with van der Waals surface area (Å²) < 4.78 is 27.9. The third kappa shape index (κ3) is 7.49. The van der Waals surface area contributed by atoms with Gasteiger partial charge in [0.15, 0.2) is 0 Å². The van der Waals surface area contributed by atoms with Crippen LogP contribution in [-0.4, -0.2) is 33.9 Å². The van der Waals surface area contributed by atoms with E-state index in [1.165, 1.54) is 24.3 Å². The zero-order chi connectivity index (χ0) is 36.3. The number of halogens is 2. The highest BCUT2D eigenvalue weighted by Crippen LogP contribution is 2.45. The minimum Gasteiger partial charge on any atom is -0.363 e. The summed E-state index contributed by atoms with van der Waals surface area (Å²) in [6, 6.07) is 20.8. The summed E-state index contributed by atoms with van der Waals surface area (Å²) >= 11 is 0. The first-order chi connectivity index (χ1) is 23.8. The maximum absolute atomic E-state index is 14.0. The number of nitrogens with one attached hydrogen (secondary N) is 2. The molecule has 0 fully saturated rings. The number of pyridine rings is 2. The van der Waals surface area contributed by atoms with E-state index in [9.17, 15) is 18.4 Å². The highest BCUT2D eigenvalue weighted by molar-refractivity contribution is 5.94. The summed E-state index contributed by atoms with van der Waals surface area (Å²) in [5.41, 5.74) is 5.01. The molecule has 10 heteroatoms. The van der Waals surface area contributed by atoms with Gasteiger partial charge in [-0.2, -0.15) is 0 Å². The molecule has 0 saturated carbocycles. The fraction of sp³-hybridized carbons (Fsp3) is 0.400. The predicted molar refractivity (Wildman–Crippen MR) is 196 cm³/mol. The summed E-state index contributed by atoms with van der Waals surface area (Å²) in [7, 11) is 0. The number of nitrogens with zero attached hydrogens (tertiary/aromatic N) is 4. The zero-order valence-corrected chi connectivity index (χ0v) is 30.2. The second-order valence-corrected chi connectivity index (χ2v) is 13.4. The smallest absolute Gasteiger partial charge is 0.224 e. The lowest BCUT2D eigenvalue weighted by atomic mass is 9.81. The van der Waals surface area contributed by atoms with Gasteiger partial charge in [-0.1, -0.05) is 39.8 Å². The average Bonchev–Trinajstić information content (AvgIpc) is 3.07. The minimum atomic E-state index is -0.298. The minimum absolute atomic E-state index is 0.0151. The van der Waals surface area contributed by atoms with Gasteiger partial charge in [0.25, 0.3) is 0 Å². The molecule has 2 N–H and O–H groups in total. The first kappa shape index (κ1) is 36.4. The molecule has 8 nitrogen and oxygen atoms in total. The molecule has 50 heavy (non-hydrogen) atoms. The Morgan fingerprint density at radius 3 is 1.36 bits per heavy atom. The molecular weight excluding hydrogens is 634 g/mol. The maximum atomic E-state index is 14.0. The van der Waals surface area contributed by atoms with E-state index in [2.05, 4.69) is 48.3 Å². The van der Waals surface area contributed by atoms with Crippen molar-refractivity contribution in [3.8, 4) is 0 Å². The largest absolute Gasteiger partial charge is 0.363 e. The number of anilines is 4. The van der Waals surface area contributed by atoms with Crippen molar-refractivity contribution in [1.82, 2.24) is 9.97 Å². The molecule has 0 saturated heterocycles. The van der Waals surface area contributed by atoms with Crippen LogP contribution >= 0.6 is 0 Å². The Labute approximate surface area is 294 Å². The number of hydrogen-bond acceptors (Lipinski definition) is 6. The molecule has 0 aliphatic carbocycles. The van der Waals surface area contributed by atoms with Gasteiger partial charge >= 0.3 is 0 Å². The zero-order valence-electron chi connectivity index (χ0n) is 30.2. The third-order valence-electron chi connectivity index (χ3n) is 10.00. The normalized spacial score (nSPS) is 22.4. The summed E-state index contributed by atoms with van der Waals surface area (Å²) in [5, 5.41) is 6.93. The first-order valence-corrected chi connectivity index (χ1v) is 17.4. The van der Waals surface area contributed by atoms with E-state index in [0.29, 0.717) is 0 Å². The summed E-state index contributed by atoms with van der Waals surface area (Å²) in [5.74, 6) is 1.13. The van der Waals surface area contributed by atoms with Crippen molar-refractivity contribution in [3.05, 3.63) is 107 Å². The number of carbonyl (C=O) groups excluding carboxylic acids is 2. The molecule has 0 bridgehead atoms. The molecule has 6 atom stereocenters. The van der Waals surface area contributed by atoms with Gasteiger partial charge in [0.05, 0.1) is 12.1 Å². The van der Waals surface area contributed by atoms with Gasteiger partial charge in [0, 0.05) is 71.7 Å². The van der Waals surface area contributed by atoms with Gasteiger partial charge < -0.3 is 20.4 Å². The van der Waals surface area contributed by atoms with Crippen molar-refractivity contribution < 1.29 is 18.4 Å². The van der Waals surface area contributed by atoms with Crippen LogP contribution in [0.2, 0.25) is 0 Å². The molecule has 0 radical (unpaired) electrons. The fourth-order valence-electron chi connectivity index (χ4n) is 7.72. The van der Waals surface area contributed by atoms with Gasteiger partial charge in [-0.25, -0.2) is 18.7 Å². The van der Waals surface area contributed by atoms with Crippen LogP contribution in [0.3, 0.4) is 0 Å². The first-order valence-electron chi connectivity index (χ1n) is 17.4. The Morgan fingerprint density at radius 2 is 1.04 bits per heavy atom. The van der Waals surface area contributed by atoms with Crippen LogP contribution in [0, 0.1) is 37.3 Å². The van der Waals surface area contributed by atoms with E-state index in [1.54, 1.807) is 35.8 Å². The van der Waals surface area contributed by atoms with Gasteiger partial charge in [-0.05, 0) is 87.4 Å². The van der Waals surface area contributed by atoms with E-state index in [4.69, 9.17) is 0 Å². The van der Waals surface area contributed by atoms with Crippen LogP contribution in [0.1, 0.15) is 89.0 Å². The topological polar surface area (TPSA) is 90.5 Å². The van der Waals surface area contributed by atoms with E-state index in [-0.39, 0.29) is 59.5 Å². The van der Waals surface area contributed by atoms with Gasteiger partial charge in [0.2, 0.25) is 11.8 Å². The standard InChI is InChI=1S/2C20H24FN3O/c2*1-5-17-13(3)20(23-19-8-6-7-12(2)22-19)16-11-15(21)9-10-18(16)24(17)14(4)25/h2*6-11,13,17,20H,5H2,1-4H3,(H,22,23)/t2*13-,17-,20+/m10/s1. The number of fused-ring (bicyclic) bond motifs is 2. The molecule has 264 valence electrons. The Kier molecular flexibility index (Phi) is 11.2. The Bertz CT molecular complexity index is 1720. The number of aryl methyl sites for hydroxylation is 2. The summed E-state index contributed by atoms with van der Waals surface area (Å²) in [4.78, 5) is 37.2. The molecule has 4 aromatic rings. The second kappa shape index (κ2) is 15.4.